The van der Waals surface area contributed by atoms with Crippen LogP contribution in [0.15, 0.2) is 24.3 Å². The van der Waals surface area contributed by atoms with Crippen LogP contribution in [0.5, 0.6) is 0 Å². The molecule has 1 amide bonds. The van der Waals surface area contributed by atoms with E-state index < -0.39 is 26.4 Å². The average Bonchev–Trinajstić information content (AvgIpc) is 2.57. The van der Waals surface area contributed by atoms with Crippen molar-refractivity contribution in [1.29, 1.82) is 0 Å². The molecular weight excluding hydrogens is 442 g/mol. The Labute approximate surface area is 244 Å². The van der Waals surface area contributed by atoms with Crippen molar-refractivity contribution in [1.82, 2.24) is 5.32 Å². The van der Waals surface area contributed by atoms with Crippen molar-refractivity contribution in [2.24, 2.45) is 0 Å². The van der Waals surface area contributed by atoms with Crippen molar-refractivity contribution < 1.29 is 122 Å². The number of benzene rings is 1. The Morgan fingerprint density at radius 2 is 1.73 bits per heavy atom. The first-order chi connectivity index (χ1) is 12.7. The molecule has 1 rings (SSSR count). The van der Waals surface area contributed by atoms with Gasteiger partial charge in [0.2, 0.25) is 5.91 Å². The van der Waals surface area contributed by atoms with Crippen molar-refractivity contribution in [2.75, 3.05) is 6.61 Å². The molecule has 0 saturated carbocycles. The molecule has 0 aliphatic heterocycles. The number of carbonyl (C=O) groups excluding carboxylic acids is 2. The standard InChI is InChI=1S/C18H28NO7P.3Na/c1-2-3-4-5-6-10-17(20)19-16(13-26-27(23,24)25)15-9-7-8-14(11-15)12-18(21)22;;;/h7-9,11,16H,2-6,10,12-13H2,1H3,(H,19,20)(H,21,22)(H2,23,24,25);;;/q;3*+1/p-3. The maximum Gasteiger partial charge on any atom is 1.00 e. The van der Waals surface area contributed by atoms with E-state index in [2.05, 4.69) is 16.8 Å². The topological polar surface area (TPSA) is 142 Å². The van der Waals surface area contributed by atoms with Crippen LogP contribution in [0.3, 0.4) is 0 Å². The van der Waals surface area contributed by atoms with Gasteiger partial charge in [0.15, 0.2) is 0 Å². The second kappa shape index (κ2) is 19.7. The van der Waals surface area contributed by atoms with Crippen LogP contribution in [0.4, 0.5) is 0 Å². The molecule has 0 aliphatic rings. The Morgan fingerprint density at radius 3 is 2.30 bits per heavy atom. The Kier molecular flexibility index (Phi) is 23.6. The van der Waals surface area contributed by atoms with E-state index in [0.29, 0.717) is 17.5 Å². The Balaban J connectivity index is -0.00000243. The molecule has 1 aromatic carbocycles. The Hall–Kier alpha value is 1.27. The van der Waals surface area contributed by atoms with Crippen molar-refractivity contribution in [3.8, 4) is 0 Å². The van der Waals surface area contributed by atoms with Crippen molar-refractivity contribution in [3.63, 3.8) is 0 Å². The molecule has 30 heavy (non-hydrogen) atoms. The maximum absolute atomic E-state index is 12.2. The van der Waals surface area contributed by atoms with Gasteiger partial charge in [-0.25, -0.2) is 0 Å². The number of aliphatic carboxylic acids is 1. The zero-order valence-electron chi connectivity index (χ0n) is 18.3. The molecule has 0 radical (unpaired) electrons. The number of carboxylic acids is 1. The predicted octanol–water partition coefficient (Wildman–Crippen LogP) is -8.65. The summed E-state index contributed by atoms with van der Waals surface area (Å²) in [5.41, 5.74) is 0.875. The number of unbranched alkanes of at least 4 members (excludes halogenated alkanes) is 4. The van der Waals surface area contributed by atoms with Crippen LogP contribution in [0.2, 0.25) is 0 Å². The largest absolute Gasteiger partial charge is 1.00 e. The number of carboxylic acid groups (broad SMARTS) is 1. The molecule has 0 bridgehead atoms. The predicted molar refractivity (Wildman–Crippen MR) is 93.0 cm³/mol. The van der Waals surface area contributed by atoms with E-state index in [-0.39, 0.29) is 107 Å². The van der Waals surface area contributed by atoms with Gasteiger partial charge in [0.25, 0.3) is 0 Å². The van der Waals surface area contributed by atoms with Crippen LogP contribution in [0, 0.1) is 0 Å². The van der Waals surface area contributed by atoms with E-state index in [4.69, 9.17) is 0 Å². The van der Waals surface area contributed by atoms with Crippen LogP contribution in [0.25, 0.3) is 0 Å². The summed E-state index contributed by atoms with van der Waals surface area (Å²) in [7, 11) is -5.21. The third-order valence-corrected chi connectivity index (χ3v) is 4.41. The van der Waals surface area contributed by atoms with E-state index in [9.17, 15) is 29.0 Å². The molecular formula is C18H25NNa3O7P. The number of nitrogens with one attached hydrogen (secondary N) is 1. The zero-order valence-corrected chi connectivity index (χ0v) is 25.2. The number of phosphoric acid groups is 1. The fourth-order valence-electron chi connectivity index (χ4n) is 2.63. The van der Waals surface area contributed by atoms with Gasteiger partial charge in [0, 0.05) is 18.8 Å². The molecule has 1 N–H and O–H groups in total. The fraction of sp³-hybridized carbons (Fsp3) is 0.556. The molecule has 8 nitrogen and oxygen atoms in total. The van der Waals surface area contributed by atoms with Gasteiger partial charge in [0.1, 0.15) is 0 Å². The normalized spacial score (nSPS) is 11.3. The number of amides is 1. The number of carbonyl (C=O) groups is 2. The molecule has 1 atom stereocenters. The zero-order chi connectivity index (χ0) is 20.3. The SMILES string of the molecule is CCCCCCCC(=O)NC(COP(=O)([O-])[O-])c1cccc(CC(=O)[O-])c1.[Na+].[Na+].[Na+]. The fourth-order valence-corrected chi connectivity index (χ4v) is 2.96. The number of phosphoric ester groups is 1. The van der Waals surface area contributed by atoms with Gasteiger partial charge in [-0.05, 0) is 17.5 Å². The van der Waals surface area contributed by atoms with E-state index >= 15 is 0 Å². The molecule has 1 unspecified atom stereocenters. The third kappa shape index (κ3) is 17.8. The summed E-state index contributed by atoms with van der Waals surface area (Å²) in [5.74, 6) is -1.56. The van der Waals surface area contributed by atoms with Crippen LogP contribution >= 0.6 is 7.82 Å². The molecule has 0 heterocycles. The number of rotatable bonds is 13. The molecule has 152 valence electrons. The molecule has 0 aromatic heterocycles. The van der Waals surface area contributed by atoms with Crippen molar-refractivity contribution in [3.05, 3.63) is 35.4 Å². The van der Waals surface area contributed by atoms with Gasteiger partial charge < -0.3 is 34.1 Å². The Morgan fingerprint density at radius 1 is 1.10 bits per heavy atom. The quantitative estimate of drug-likeness (QED) is 0.173. The van der Waals surface area contributed by atoms with E-state index in [1.54, 1.807) is 18.2 Å². The molecule has 0 spiro atoms. The first-order valence-corrected chi connectivity index (χ1v) is 10.4. The summed E-state index contributed by atoms with van der Waals surface area (Å²) in [6.07, 6.45) is 4.80. The van der Waals surface area contributed by atoms with Gasteiger partial charge in [-0.15, -0.1) is 0 Å². The van der Waals surface area contributed by atoms with E-state index in [0.717, 1.165) is 25.7 Å². The second-order valence-electron chi connectivity index (χ2n) is 6.32. The van der Waals surface area contributed by atoms with Gasteiger partial charge in [0.05, 0.1) is 20.5 Å². The van der Waals surface area contributed by atoms with E-state index in [1.807, 2.05) is 0 Å². The number of hydrogen-bond acceptors (Lipinski definition) is 7. The van der Waals surface area contributed by atoms with Gasteiger partial charge in [-0.3, -0.25) is 4.79 Å². The minimum atomic E-state index is -5.21. The third-order valence-electron chi connectivity index (χ3n) is 3.94. The summed E-state index contributed by atoms with van der Waals surface area (Å²) in [6, 6.07) is 5.36. The van der Waals surface area contributed by atoms with Crippen molar-refractivity contribution in [2.45, 2.75) is 57.9 Å². The maximum atomic E-state index is 12.2. The van der Waals surface area contributed by atoms with Gasteiger partial charge in [-0.1, -0.05) is 56.9 Å². The summed E-state index contributed by atoms with van der Waals surface area (Å²) in [6.45, 7) is 1.54. The minimum absolute atomic E-state index is 0. The van der Waals surface area contributed by atoms with Crippen LogP contribution < -0.4 is 109 Å². The van der Waals surface area contributed by atoms with Gasteiger partial charge >= 0.3 is 88.7 Å². The number of hydrogen-bond donors (Lipinski definition) is 1. The van der Waals surface area contributed by atoms with E-state index in [1.165, 1.54) is 6.07 Å². The summed E-state index contributed by atoms with van der Waals surface area (Å²) in [5, 5.41) is 13.4. The summed E-state index contributed by atoms with van der Waals surface area (Å²) >= 11 is 0. The average molecular weight is 467 g/mol. The van der Waals surface area contributed by atoms with Crippen LogP contribution in [0.1, 0.15) is 62.6 Å². The first kappa shape index (κ1) is 35.9. The molecule has 12 heteroatoms. The molecule has 1 aromatic rings. The first-order valence-electron chi connectivity index (χ1n) is 8.96. The van der Waals surface area contributed by atoms with Crippen LogP contribution in [-0.2, 0) is 25.1 Å². The van der Waals surface area contributed by atoms with Gasteiger partial charge in [-0.2, -0.15) is 0 Å². The summed E-state index contributed by atoms with van der Waals surface area (Å²) in [4.78, 5) is 44.5. The molecule has 0 fully saturated rings. The van der Waals surface area contributed by atoms with Crippen LogP contribution in [-0.4, -0.2) is 18.5 Å². The Bertz CT molecular complexity index is 673. The molecule has 0 saturated heterocycles. The second-order valence-corrected chi connectivity index (χ2v) is 7.47. The monoisotopic (exact) mass is 467 g/mol. The summed E-state index contributed by atoms with van der Waals surface area (Å²) < 4.78 is 15.1. The molecule has 0 aliphatic carbocycles. The smallest absolute Gasteiger partial charge is 0.790 e. The minimum Gasteiger partial charge on any atom is -0.790 e. The van der Waals surface area contributed by atoms with Crippen molar-refractivity contribution >= 4 is 19.7 Å².